The Labute approximate surface area is 93.0 Å². The Morgan fingerprint density at radius 2 is 2.07 bits per heavy atom. The summed E-state index contributed by atoms with van der Waals surface area (Å²) < 4.78 is 0. The molecule has 1 rings (SSSR count). The second kappa shape index (κ2) is 6.11. The molecule has 1 fully saturated rings. The van der Waals surface area contributed by atoms with Crippen molar-refractivity contribution in [3.63, 3.8) is 0 Å². The Morgan fingerprint density at radius 3 is 2.60 bits per heavy atom. The molecular formula is C12H24N2O. The van der Waals surface area contributed by atoms with Gasteiger partial charge in [0.05, 0.1) is 0 Å². The lowest BCUT2D eigenvalue weighted by molar-refractivity contribution is -0.121. The molecule has 1 saturated carbocycles. The van der Waals surface area contributed by atoms with Crippen LogP contribution in [-0.4, -0.2) is 25.5 Å². The summed E-state index contributed by atoms with van der Waals surface area (Å²) in [7, 11) is 0. The highest BCUT2D eigenvalue weighted by atomic mass is 16.1. The Kier molecular flexibility index (Phi) is 5.09. The molecule has 3 heteroatoms. The van der Waals surface area contributed by atoms with Gasteiger partial charge in [0.25, 0.3) is 0 Å². The van der Waals surface area contributed by atoms with Crippen LogP contribution in [0.5, 0.6) is 0 Å². The lowest BCUT2D eigenvalue weighted by Gasteiger charge is -2.14. The summed E-state index contributed by atoms with van der Waals surface area (Å²) in [5, 5.41) is 6.21. The third kappa shape index (κ3) is 4.65. The fraction of sp³-hybridized carbons (Fsp3) is 0.917. The van der Waals surface area contributed by atoms with Crippen molar-refractivity contribution in [2.45, 2.75) is 46.0 Å². The summed E-state index contributed by atoms with van der Waals surface area (Å²) in [6.45, 7) is 6.90. The quantitative estimate of drug-likeness (QED) is 0.601. The molecule has 2 N–H and O–H groups in total. The van der Waals surface area contributed by atoms with E-state index in [4.69, 9.17) is 0 Å². The average Bonchev–Trinajstić information content (AvgIpc) is 2.97. The molecule has 0 aromatic rings. The van der Waals surface area contributed by atoms with Crippen molar-refractivity contribution < 1.29 is 4.79 Å². The van der Waals surface area contributed by atoms with Crippen molar-refractivity contribution in [2.24, 2.45) is 5.41 Å². The third-order valence-corrected chi connectivity index (χ3v) is 3.18. The van der Waals surface area contributed by atoms with Crippen LogP contribution in [0.15, 0.2) is 0 Å². The van der Waals surface area contributed by atoms with Crippen LogP contribution in [0.1, 0.15) is 46.0 Å². The van der Waals surface area contributed by atoms with Gasteiger partial charge in [-0.1, -0.05) is 20.3 Å². The molecule has 0 radical (unpaired) electrons. The predicted octanol–water partition coefficient (Wildman–Crippen LogP) is 1.68. The maximum absolute atomic E-state index is 11.4. The van der Waals surface area contributed by atoms with E-state index in [0.717, 1.165) is 19.6 Å². The van der Waals surface area contributed by atoms with Gasteiger partial charge >= 0.3 is 0 Å². The first-order chi connectivity index (χ1) is 7.22. The Hall–Kier alpha value is -0.570. The van der Waals surface area contributed by atoms with Crippen LogP contribution < -0.4 is 10.6 Å². The minimum Gasteiger partial charge on any atom is -0.356 e. The summed E-state index contributed by atoms with van der Waals surface area (Å²) in [4.78, 5) is 11.4. The first kappa shape index (κ1) is 12.5. The van der Waals surface area contributed by atoms with Gasteiger partial charge in [-0.2, -0.15) is 0 Å². The molecule has 0 unspecified atom stereocenters. The largest absolute Gasteiger partial charge is 0.356 e. The molecule has 1 amide bonds. The van der Waals surface area contributed by atoms with Crippen molar-refractivity contribution in [3.05, 3.63) is 0 Å². The lowest BCUT2D eigenvalue weighted by atomic mass is 10.0. The van der Waals surface area contributed by atoms with Crippen LogP contribution >= 0.6 is 0 Å². The average molecular weight is 212 g/mol. The molecule has 0 heterocycles. The third-order valence-electron chi connectivity index (χ3n) is 3.18. The van der Waals surface area contributed by atoms with E-state index in [1.165, 1.54) is 25.7 Å². The molecule has 88 valence electrons. The molecule has 0 aromatic carbocycles. The van der Waals surface area contributed by atoms with Crippen LogP contribution in [0, 0.1) is 5.41 Å². The Balaban J connectivity index is 2.06. The van der Waals surface area contributed by atoms with E-state index in [1.54, 1.807) is 0 Å². The molecule has 0 spiro atoms. The first-order valence-electron chi connectivity index (χ1n) is 6.20. The van der Waals surface area contributed by atoms with Crippen LogP contribution in [0.3, 0.4) is 0 Å². The minimum absolute atomic E-state index is 0.193. The Morgan fingerprint density at radius 1 is 1.33 bits per heavy atom. The fourth-order valence-electron chi connectivity index (χ4n) is 1.98. The number of hydrogen-bond acceptors (Lipinski definition) is 2. The highest BCUT2D eigenvalue weighted by Gasteiger charge is 2.41. The zero-order valence-electron chi connectivity index (χ0n) is 10.1. The van der Waals surface area contributed by atoms with E-state index in [0.29, 0.717) is 11.8 Å². The molecule has 1 aliphatic rings. The maximum Gasteiger partial charge on any atom is 0.221 e. The SMILES string of the molecule is CCCC1(CNC(=O)CCNCC)CC1. The molecule has 15 heavy (non-hydrogen) atoms. The van der Waals surface area contributed by atoms with Crippen molar-refractivity contribution >= 4 is 5.91 Å². The van der Waals surface area contributed by atoms with Crippen LogP contribution in [-0.2, 0) is 4.79 Å². The van der Waals surface area contributed by atoms with Crippen LogP contribution in [0.4, 0.5) is 0 Å². The van der Waals surface area contributed by atoms with Gasteiger partial charge < -0.3 is 10.6 Å². The van der Waals surface area contributed by atoms with E-state index in [2.05, 4.69) is 24.5 Å². The van der Waals surface area contributed by atoms with E-state index >= 15 is 0 Å². The zero-order chi connectivity index (χ0) is 11.1. The summed E-state index contributed by atoms with van der Waals surface area (Å²) in [6.07, 6.45) is 5.70. The minimum atomic E-state index is 0.193. The molecule has 0 atom stereocenters. The monoisotopic (exact) mass is 212 g/mol. The molecule has 0 saturated heterocycles. The number of amides is 1. The molecule has 0 aliphatic heterocycles. The standard InChI is InChI=1S/C12H24N2O/c1-3-6-12(7-8-12)10-14-11(15)5-9-13-4-2/h13H,3-10H2,1-2H3,(H,14,15). The maximum atomic E-state index is 11.4. The second-order valence-corrected chi connectivity index (χ2v) is 4.63. The summed E-state index contributed by atoms with van der Waals surface area (Å²) in [5.74, 6) is 0.193. The van der Waals surface area contributed by atoms with Crippen LogP contribution in [0.25, 0.3) is 0 Å². The van der Waals surface area contributed by atoms with Crippen molar-refractivity contribution in [1.29, 1.82) is 0 Å². The topological polar surface area (TPSA) is 41.1 Å². The summed E-state index contributed by atoms with van der Waals surface area (Å²) >= 11 is 0. The number of rotatable bonds is 8. The highest BCUT2D eigenvalue weighted by Crippen LogP contribution is 2.48. The smallest absolute Gasteiger partial charge is 0.221 e. The van der Waals surface area contributed by atoms with Crippen molar-refractivity contribution in [1.82, 2.24) is 10.6 Å². The zero-order valence-corrected chi connectivity index (χ0v) is 10.1. The predicted molar refractivity (Wildman–Crippen MR) is 62.7 cm³/mol. The molecule has 0 aromatic heterocycles. The van der Waals surface area contributed by atoms with E-state index in [-0.39, 0.29) is 5.91 Å². The molecular weight excluding hydrogens is 188 g/mol. The van der Waals surface area contributed by atoms with Gasteiger partial charge in [0.2, 0.25) is 5.91 Å². The Bertz CT molecular complexity index is 200. The normalized spacial score (nSPS) is 17.5. The summed E-state index contributed by atoms with van der Waals surface area (Å²) in [5.41, 5.74) is 0.475. The van der Waals surface area contributed by atoms with E-state index in [1.807, 2.05) is 0 Å². The molecule has 0 bridgehead atoms. The number of carbonyl (C=O) groups is 1. The highest BCUT2D eigenvalue weighted by molar-refractivity contribution is 5.76. The van der Waals surface area contributed by atoms with Gasteiger partial charge in [-0.05, 0) is 31.2 Å². The van der Waals surface area contributed by atoms with Gasteiger partial charge in [-0.25, -0.2) is 0 Å². The molecule has 1 aliphatic carbocycles. The van der Waals surface area contributed by atoms with Crippen molar-refractivity contribution in [3.8, 4) is 0 Å². The number of hydrogen-bond donors (Lipinski definition) is 2. The van der Waals surface area contributed by atoms with Gasteiger partial charge in [-0.3, -0.25) is 4.79 Å². The van der Waals surface area contributed by atoms with Gasteiger partial charge in [0.15, 0.2) is 0 Å². The first-order valence-corrected chi connectivity index (χ1v) is 6.20. The van der Waals surface area contributed by atoms with E-state index < -0.39 is 0 Å². The fourth-order valence-corrected chi connectivity index (χ4v) is 1.98. The number of nitrogens with one attached hydrogen (secondary N) is 2. The second-order valence-electron chi connectivity index (χ2n) is 4.63. The van der Waals surface area contributed by atoms with Gasteiger partial charge in [0, 0.05) is 19.5 Å². The van der Waals surface area contributed by atoms with Gasteiger partial charge in [0.1, 0.15) is 0 Å². The lowest BCUT2D eigenvalue weighted by Crippen LogP contribution is -2.32. The van der Waals surface area contributed by atoms with Gasteiger partial charge in [-0.15, -0.1) is 0 Å². The van der Waals surface area contributed by atoms with E-state index in [9.17, 15) is 4.79 Å². The van der Waals surface area contributed by atoms with Crippen LogP contribution in [0.2, 0.25) is 0 Å². The summed E-state index contributed by atoms with van der Waals surface area (Å²) in [6, 6.07) is 0. The number of carbonyl (C=O) groups excluding carboxylic acids is 1. The molecule has 3 nitrogen and oxygen atoms in total. The van der Waals surface area contributed by atoms with Crippen molar-refractivity contribution in [2.75, 3.05) is 19.6 Å².